The van der Waals surface area contributed by atoms with Gasteiger partial charge in [0, 0.05) is 31.7 Å². The zero-order chi connectivity index (χ0) is 19.7. The summed E-state index contributed by atoms with van der Waals surface area (Å²) in [5.41, 5.74) is 2.05. The summed E-state index contributed by atoms with van der Waals surface area (Å²) in [6.07, 6.45) is 0. The molecule has 7 nitrogen and oxygen atoms in total. The molecule has 28 heavy (non-hydrogen) atoms. The average Bonchev–Trinajstić information content (AvgIpc) is 3.32. The number of sulfonamides is 1. The van der Waals surface area contributed by atoms with Gasteiger partial charge in [0.15, 0.2) is 0 Å². The van der Waals surface area contributed by atoms with Crippen molar-refractivity contribution >= 4 is 33.0 Å². The number of piperazine rings is 1. The van der Waals surface area contributed by atoms with Gasteiger partial charge < -0.3 is 4.42 Å². The van der Waals surface area contributed by atoms with E-state index >= 15 is 0 Å². The van der Waals surface area contributed by atoms with Gasteiger partial charge in [-0.15, -0.1) is 21.5 Å². The van der Waals surface area contributed by atoms with E-state index in [0.29, 0.717) is 48.8 Å². The Morgan fingerprint density at radius 1 is 1.07 bits per heavy atom. The molecule has 0 saturated carbocycles. The van der Waals surface area contributed by atoms with E-state index < -0.39 is 10.0 Å². The first-order valence-electron chi connectivity index (χ1n) is 8.79. The third-order valence-corrected chi connectivity index (χ3v) is 8.20. The Hall–Kier alpha value is -1.78. The summed E-state index contributed by atoms with van der Waals surface area (Å²) in [7, 11) is -3.48. The van der Waals surface area contributed by atoms with Crippen LogP contribution in [-0.4, -0.2) is 54.0 Å². The maximum absolute atomic E-state index is 12.7. The molecule has 0 unspecified atom stereocenters. The minimum atomic E-state index is -3.48. The highest BCUT2D eigenvalue weighted by Crippen LogP contribution is 2.28. The number of rotatable bonds is 5. The number of nitrogens with zero attached hydrogens (tertiary/aromatic N) is 4. The zero-order valence-corrected chi connectivity index (χ0v) is 17.6. The molecule has 0 radical (unpaired) electrons. The van der Waals surface area contributed by atoms with Gasteiger partial charge in [0.1, 0.15) is 4.21 Å². The minimum Gasteiger partial charge on any atom is -0.419 e. The molecule has 0 bridgehead atoms. The summed E-state index contributed by atoms with van der Waals surface area (Å²) in [5, 5.41) is 8.24. The number of aryl methyl sites for hydroxylation is 1. The largest absolute Gasteiger partial charge is 0.419 e. The SMILES string of the molecule is Cc1ccc(-c2nnc(CN3CCN(S(=O)(=O)c4ccc(Cl)s4)CC3)o2)cc1. The van der Waals surface area contributed by atoms with E-state index in [2.05, 4.69) is 15.1 Å². The van der Waals surface area contributed by atoms with Crippen LogP contribution in [0.15, 0.2) is 45.0 Å². The van der Waals surface area contributed by atoms with Crippen molar-refractivity contribution in [2.24, 2.45) is 0 Å². The summed E-state index contributed by atoms with van der Waals surface area (Å²) in [5.74, 6) is 1.02. The number of aromatic nitrogens is 2. The van der Waals surface area contributed by atoms with Crippen LogP contribution in [0.2, 0.25) is 4.34 Å². The molecular weight excluding hydrogens is 420 g/mol. The lowest BCUT2D eigenvalue weighted by atomic mass is 10.1. The van der Waals surface area contributed by atoms with E-state index in [9.17, 15) is 8.42 Å². The van der Waals surface area contributed by atoms with Crippen molar-refractivity contribution in [3.63, 3.8) is 0 Å². The van der Waals surface area contributed by atoms with E-state index in [1.165, 1.54) is 9.87 Å². The second-order valence-corrected chi connectivity index (χ2v) is 10.5. The summed E-state index contributed by atoms with van der Waals surface area (Å²) in [6.45, 7) is 4.54. The van der Waals surface area contributed by atoms with E-state index in [1.54, 1.807) is 12.1 Å². The Balaban J connectivity index is 1.37. The molecule has 148 valence electrons. The summed E-state index contributed by atoms with van der Waals surface area (Å²) in [6, 6.07) is 11.1. The molecule has 1 saturated heterocycles. The second kappa shape index (κ2) is 7.92. The quantitative estimate of drug-likeness (QED) is 0.608. The van der Waals surface area contributed by atoms with E-state index in [-0.39, 0.29) is 4.21 Å². The van der Waals surface area contributed by atoms with Crippen LogP contribution in [0.25, 0.3) is 11.5 Å². The number of halogens is 1. The molecule has 0 N–H and O–H groups in total. The second-order valence-electron chi connectivity index (χ2n) is 6.61. The van der Waals surface area contributed by atoms with Crippen molar-refractivity contribution in [1.29, 1.82) is 0 Å². The Kier molecular flexibility index (Phi) is 5.52. The van der Waals surface area contributed by atoms with Crippen LogP contribution in [0.1, 0.15) is 11.5 Å². The molecule has 1 aliphatic heterocycles. The Morgan fingerprint density at radius 2 is 1.79 bits per heavy atom. The van der Waals surface area contributed by atoms with Crippen molar-refractivity contribution in [2.75, 3.05) is 26.2 Å². The van der Waals surface area contributed by atoms with Crippen molar-refractivity contribution < 1.29 is 12.8 Å². The lowest BCUT2D eigenvalue weighted by Gasteiger charge is -2.32. The molecule has 1 aliphatic rings. The molecule has 10 heteroatoms. The molecule has 0 aliphatic carbocycles. The molecule has 4 rings (SSSR count). The van der Waals surface area contributed by atoms with Gasteiger partial charge in [-0.1, -0.05) is 29.3 Å². The van der Waals surface area contributed by atoms with Crippen LogP contribution in [0.4, 0.5) is 0 Å². The molecule has 0 spiro atoms. The van der Waals surface area contributed by atoms with Gasteiger partial charge in [0.2, 0.25) is 11.8 Å². The highest BCUT2D eigenvalue weighted by Gasteiger charge is 2.30. The number of benzene rings is 1. The lowest BCUT2D eigenvalue weighted by molar-refractivity contribution is 0.169. The van der Waals surface area contributed by atoms with Crippen LogP contribution >= 0.6 is 22.9 Å². The average molecular weight is 439 g/mol. The van der Waals surface area contributed by atoms with Crippen LogP contribution in [-0.2, 0) is 16.6 Å². The fraction of sp³-hybridized carbons (Fsp3) is 0.333. The van der Waals surface area contributed by atoms with Gasteiger partial charge in [-0.2, -0.15) is 4.31 Å². The maximum atomic E-state index is 12.7. The Bertz CT molecular complexity index is 1050. The van der Waals surface area contributed by atoms with Gasteiger partial charge in [-0.3, -0.25) is 4.90 Å². The third-order valence-electron chi connectivity index (χ3n) is 4.60. The normalized spacial score (nSPS) is 16.5. The monoisotopic (exact) mass is 438 g/mol. The Labute approximate surface area is 172 Å². The first kappa shape index (κ1) is 19.5. The lowest BCUT2D eigenvalue weighted by Crippen LogP contribution is -2.48. The maximum Gasteiger partial charge on any atom is 0.252 e. The predicted molar refractivity (Wildman–Crippen MR) is 108 cm³/mol. The molecule has 1 fully saturated rings. The number of hydrogen-bond acceptors (Lipinski definition) is 7. The smallest absolute Gasteiger partial charge is 0.252 e. The van der Waals surface area contributed by atoms with Gasteiger partial charge in [-0.25, -0.2) is 8.42 Å². The van der Waals surface area contributed by atoms with Gasteiger partial charge in [0.25, 0.3) is 10.0 Å². The van der Waals surface area contributed by atoms with Crippen LogP contribution in [0.5, 0.6) is 0 Å². The van der Waals surface area contributed by atoms with E-state index in [1.807, 2.05) is 31.2 Å². The molecule has 0 amide bonds. The third kappa shape index (κ3) is 4.13. The highest BCUT2D eigenvalue weighted by atomic mass is 35.5. The van der Waals surface area contributed by atoms with E-state index in [4.69, 9.17) is 16.0 Å². The van der Waals surface area contributed by atoms with Crippen molar-refractivity contribution in [3.8, 4) is 11.5 Å². The number of hydrogen-bond donors (Lipinski definition) is 0. The molecule has 1 aromatic carbocycles. The summed E-state index contributed by atoms with van der Waals surface area (Å²) in [4.78, 5) is 2.11. The van der Waals surface area contributed by atoms with Crippen molar-refractivity contribution in [3.05, 3.63) is 52.2 Å². The highest BCUT2D eigenvalue weighted by molar-refractivity contribution is 7.91. The molecular formula is C18H19ClN4O3S2. The summed E-state index contributed by atoms with van der Waals surface area (Å²) < 4.78 is 33.4. The fourth-order valence-electron chi connectivity index (χ4n) is 3.01. The van der Waals surface area contributed by atoms with Crippen LogP contribution in [0.3, 0.4) is 0 Å². The molecule has 3 aromatic rings. The summed E-state index contributed by atoms with van der Waals surface area (Å²) >= 11 is 6.96. The van der Waals surface area contributed by atoms with Gasteiger partial charge >= 0.3 is 0 Å². The predicted octanol–water partition coefficient (Wildman–Crippen LogP) is 3.27. The van der Waals surface area contributed by atoms with Crippen molar-refractivity contribution in [1.82, 2.24) is 19.4 Å². The number of thiophene rings is 1. The molecule has 0 atom stereocenters. The van der Waals surface area contributed by atoms with Gasteiger partial charge in [-0.05, 0) is 31.2 Å². The molecule has 3 heterocycles. The topological polar surface area (TPSA) is 79.5 Å². The van der Waals surface area contributed by atoms with Crippen molar-refractivity contribution in [2.45, 2.75) is 17.7 Å². The Morgan fingerprint density at radius 3 is 2.43 bits per heavy atom. The first-order chi connectivity index (χ1) is 13.4. The van der Waals surface area contributed by atoms with Gasteiger partial charge in [0.05, 0.1) is 10.9 Å². The molecule has 2 aromatic heterocycles. The first-order valence-corrected chi connectivity index (χ1v) is 11.4. The zero-order valence-electron chi connectivity index (χ0n) is 15.2. The van der Waals surface area contributed by atoms with E-state index in [0.717, 1.165) is 16.9 Å². The van der Waals surface area contributed by atoms with Crippen LogP contribution < -0.4 is 0 Å². The fourth-order valence-corrected chi connectivity index (χ4v) is 6.07. The standard InChI is InChI=1S/C18H19ClN4O3S2/c1-13-2-4-14(5-3-13)18-21-20-16(26-18)12-22-8-10-23(11-9-22)28(24,25)17-7-6-15(19)27-17/h2-7H,8-12H2,1H3. The van der Waals surface area contributed by atoms with Crippen LogP contribution in [0, 0.1) is 6.92 Å². The minimum absolute atomic E-state index is 0.283.